The largest absolute Gasteiger partial charge is 1.00 e. The summed E-state index contributed by atoms with van der Waals surface area (Å²) in [6.45, 7) is 9.66. The van der Waals surface area contributed by atoms with Gasteiger partial charge in [0, 0.05) is 6.42 Å². The molecule has 0 unspecified atom stereocenters. The molecule has 9 rings (SSSR count). The molecule has 33 atom stereocenters. The van der Waals surface area contributed by atoms with Crippen LogP contribution in [0.15, 0.2) is 11.6 Å². The van der Waals surface area contributed by atoms with E-state index in [-0.39, 0.29) is 91.0 Å². The second-order valence-corrected chi connectivity index (χ2v) is 26.9. The third-order valence-corrected chi connectivity index (χ3v) is 20.6. The first kappa shape index (κ1) is 70.9. The number of fused-ring (bicyclic) bond motifs is 5. The van der Waals surface area contributed by atoms with Crippen molar-refractivity contribution in [1.82, 2.24) is 0 Å². The second-order valence-electron chi connectivity index (χ2n) is 25.9. The first-order valence-electron chi connectivity index (χ1n) is 29.4. The molecule has 5 aliphatic heterocycles. The molecule has 0 aromatic rings. The molecule has 13 N–H and O–H groups in total. The number of hydrogen-bond donors (Lipinski definition) is 13. The van der Waals surface area contributed by atoms with E-state index < -0.39 is 206 Å². The van der Waals surface area contributed by atoms with Crippen molar-refractivity contribution < 1.29 is 170 Å². The summed E-state index contributed by atoms with van der Waals surface area (Å²) >= 11 is 0. The predicted molar refractivity (Wildman–Crippen MR) is 280 cm³/mol. The van der Waals surface area contributed by atoms with Gasteiger partial charge in [0.2, 0.25) is 10.4 Å². The number of rotatable bonds is 18. The molecule has 0 aromatic carbocycles. The van der Waals surface area contributed by atoms with Gasteiger partial charge in [-0.15, -0.1) is 0 Å². The van der Waals surface area contributed by atoms with Crippen LogP contribution in [0.1, 0.15) is 106 Å². The molecule has 8 fully saturated rings. The molecule has 0 radical (unpaired) electrons. The number of ketones is 2. The van der Waals surface area contributed by atoms with Crippen LogP contribution in [-0.2, 0) is 71.5 Å². The first-order chi connectivity index (χ1) is 39.7. The Morgan fingerprint density at radius 2 is 1.20 bits per heavy atom. The number of aliphatic hydroxyl groups is 13. The average Bonchev–Trinajstić information content (AvgIpc) is 1.30. The molecular weight excluding hydrogens is 1180 g/mol. The Morgan fingerprint density at radius 1 is 0.651 bits per heavy atom. The van der Waals surface area contributed by atoms with Crippen molar-refractivity contribution >= 4 is 22.0 Å². The number of carbonyl (C=O) groups excluding carboxylic acids is 2. The number of carbonyl (C=O) groups is 2. The molecule has 31 heteroatoms. The molecule has 9 aliphatic rings. The van der Waals surface area contributed by atoms with E-state index in [4.69, 9.17) is 51.6 Å². The molecule has 29 nitrogen and oxygen atoms in total. The normalized spacial score (nSPS) is 50.5. The summed E-state index contributed by atoms with van der Waals surface area (Å²) in [5, 5.41) is 145. The number of allylic oxidation sites excluding steroid dienone is 2. The van der Waals surface area contributed by atoms with Crippen LogP contribution in [0, 0.1) is 34.5 Å². The van der Waals surface area contributed by atoms with Crippen LogP contribution in [0.4, 0.5) is 0 Å². The fourth-order valence-corrected chi connectivity index (χ4v) is 16.1. The third-order valence-electron chi connectivity index (χ3n) is 20.1. The van der Waals surface area contributed by atoms with Crippen LogP contribution < -0.4 is 29.6 Å². The monoisotopic (exact) mass is 1270 g/mol. The molecule has 0 bridgehead atoms. The van der Waals surface area contributed by atoms with Crippen LogP contribution >= 0.6 is 0 Å². The van der Waals surface area contributed by atoms with Gasteiger partial charge in [-0.25, -0.2) is 8.42 Å². The van der Waals surface area contributed by atoms with Crippen LogP contribution in [0.3, 0.4) is 0 Å². The van der Waals surface area contributed by atoms with Gasteiger partial charge in [0.1, 0.15) is 109 Å². The van der Waals surface area contributed by atoms with E-state index in [1.54, 1.807) is 6.92 Å². The number of aliphatic hydroxyl groups excluding tert-OH is 12. The number of ether oxygens (including phenoxy) is 10. The summed E-state index contributed by atoms with van der Waals surface area (Å²) in [7, 11) is -5.15. The van der Waals surface area contributed by atoms with E-state index in [1.807, 2.05) is 6.92 Å². The van der Waals surface area contributed by atoms with Gasteiger partial charge in [0.25, 0.3) is 0 Å². The van der Waals surface area contributed by atoms with Crippen molar-refractivity contribution in [2.24, 2.45) is 34.5 Å². The van der Waals surface area contributed by atoms with Crippen molar-refractivity contribution in [3.63, 3.8) is 0 Å². The van der Waals surface area contributed by atoms with Crippen molar-refractivity contribution in [2.45, 2.75) is 271 Å². The maximum atomic E-state index is 13.0. The Morgan fingerprint density at radius 3 is 1.77 bits per heavy atom. The Labute approximate surface area is 520 Å². The summed E-state index contributed by atoms with van der Waals surface area (Å²) in [6, 6.07) is 0. The van der Waals surface area contributed by atoms with E-state index in [0.29, 0.717) is 25.7 Å². The zero-order valence-corrected chi connectivity index (χ0v) is 52.2. The van der Waals surface area contributed by atoms with Crippen molar-refractivity contribution in [3.05, 3.63) is 11.6 Å². The van der Waals surface area contributed by atoms with Gasteiger partial charge in [-0.05, 0) is 114 Å². The Bertz CT molecular complexity index is 2480. The van der Waals surface area contributed by atoms with Crippen LogP contribution in [-0.4, -0.2) is 269 Å². The Kier molecular flexibility index (Phi) is 22.7. The minimum Gasteiger partial charge on any atom is -0.726 e. The van der Waals surface area contributed by atoms with Crippen LogP contribution in [0.5, 0.6) is 0 Å². The smallest absolute Gasteiger partial charge is 0.726 e. The summed E-state index contributed by atoms with van der Waals surface area (Å²) in [6.07, 6.45) is -39.1. The molecule has 3 saturated carbocycles. The molecule has 5 saturated heterocycles. The van der Waals surface area contributed by atoms with E-state index in [1.165, 1.54) is 27.7 Å². The number of hydrogen-bond acceptors (Lipinski definition) is 29. The molecule has 86 heavy (non-hydrogen) atoms. The van der Waals surface area contributed by atoms with E-state index in [2.05, 4.69) is 13.0 Å². The Balaban J connectivity index is 0.00000961. The van der Waals surface area contributed by atoms with Crippen molar-refractivity contribution in [3.8, 4) is 0 Å². The first-order valence-corrected chi connectivity index (χ1v) is 30.7. The van der Waals surface area contributed by atoms with Gasteiger partial charge >= 0.3 is 29.6 Å². The maximum absolute atomic E-state index is 13.0. The molecule has 0 spiro atoms. The van der Waals surface area contributed by atoms with Gasteiger partial charge < -0.3 is 118 Å². The maximum Gasteiger partial charge on any atom is 1.00 e. The van der Waals surface area contributed by atoms with Crippen molar-refractivity contribution in [2.75, 3.05) is 13.2 Å². The summed E-state index contributed by atoms with van der Waals surface area (Å²) in [5.74, 6) is -1.91. The van der Waals surface area contributed by atoms with Crippen LogP contribution in [0.2, 0.25) is 0 Å². The molecule has 0 aromatic heterocycles. The van der Waals surface area contributed by atoms with Gasteiger partial charge in [-0.1, -0.05) is 25.5 Å². The van der Waals surface area contributed by atoms with E-state index >= 15 is 0 Å². The summed E-state index contributed by atoms with van der Waals surface area (Å²) in [4.78, 5) is 24.9. The van der Waals surface area contributed by atoms with Gasteiger partial charge in [0.05, 0.1) is 55.8 Å². The fraction of sp³-hybridized carbons (Fsp3) is 0.927. The summed E-state index contributed by atoms with van der Waals surface area (Å²) < 4.78 is 102. The molecule has 5 heterocycles. The topological polar surface area (TPSA) is 456 Å². The van der Waals surface area contributed by atoms with Gasteiger partial charge in [0.15, 0.2) is 31.5 Å². The Hall–Kier alpha value is -0.970. The quantitative estimate of drug-likeness (QED) is 0.0199. The zero-order chi connectivity index (χ0) is 62.3. The predicted octanol–water partition coefficient (Wildman–Crippen LogP) is -7.08. The molecule has 488 valence electrons. The summed E-state index contributed by atoms with van der Waals surface area (Å²) in [5.41, 5.74) is -1.63. The third kappa shape index (κ3) is 14.1. The zero-order valence-electron chi connectivity index (χ0n) is 49.4. The molecular formula is C55H87NaO29S. The minimum atomic E-state index is -5.15. The van der Waals surface area contributed by atoms with Gasteiger partial charge in [-0.3, -0.25) is 13.8 Å². The minimum absolute atomic E-state index is 0. The SMILES string of the molecule is CC(=O)CC(=O)C[C@](C)(O)[C@H]1CC[C@H]2[C@@H]3C[C@H](O[C@@H]4O[C@H](C)[C@@H](O)[C@H](O[C@@H]5OC[C@@H](O[C@@H]6O[C@H](CO)[C@H](O)[C@H](O)[C@H]6O[C@@H]6O[C@H](C)[C@H](O)[C@H](O)[C@H]6O)[C@H](O)[C@H]5O[C@@H]5O[C@H](C)[C@@H](O)[C@H](O)[C@H]5O)[C@H]4O)[C@H]4C[C@@H](OS(=O)(=O)[O-])CC[C@]4(C)C3=CC[C@@]21C.[Na+]. The fourth-order valence-electron chi connectivity index (χ4n) is 15.6. The molecule has 0 amide bonds. The van der Waals surface area contributed by atoms with E-state index in [9.17, 15) is 88.9 Å². The second kappa shape index (κ2) is 27.5. The van der Waals surface area contributed by atoms with E-state index in [0.717, 1.165) is 5.57 Å². The standard InChI is InChI=1S/C55H88O29S.Na/c1-20(57)14-24(58)17-55(7,70)33-9-8-27-26-16-30(29-15-25(84-85(71,72)73)10-12-53(29,5)28(26)11-13-54(27,33)6)78-50-44(69)45(36(61)23(4)77-50)81-51-46(82-48-42(67)39(64)34(59)21(2)75-48)38(63)32(19-74-51)80-52-47(41(66)37(62)31(18-56)79-52)83-49-43(68)40(65)35(60)22(3)76-49;/h11,21-23,25-27,29-52,56,59-70H,8-10,12-19H2,1-7H3,(H,71,72,73);/q;+1/p-1/t21-,22-,23-,25+,26+,27+,29-,30+,31-,32-,33+,34-,35+,36-,37+,38+,39+,40+,41+,42-,43-,44-,45+,46-,47-,48+,49+,50+,51+,52+,53-,54+,55+;/m1./s1. The average molecular weight is 1270 g/mol. The molecule has 4 aliphatic carbocycles. The van der Waals surface area contributed by atoms with Crippen molar-refractivity contribution in [1.29, 1.82) is 0 Å². The van der Waals surface area contributed by atoms with Gasteiger partial charge in [-0.2, -0.15) is 0 Å². The number of Topliss-reactive ketones (excluding diaryl/α,β-unsaturated/α-hetero) is 2. The van der Waals surface area contributed by atoms with Crippen LogP contribution in [0.25, 0.3) is 0 Å².